The second kappa shape index (κ2) is 13.8. The standard InChI is InChI=1S/C19H29F3N4O2.HI/c1-23-18(25-10-11-27-16-6-4-2-3-5-7-16)26-13-15-8-9-24-17(12-15)28-14-19(20,21)22;/h8-9,12,16H,2-7,10-11,13-14H2,1H3,(H2,23,25,26);1H. The van der Waals surface area contributed by atoms with Gasteiger partial charge in [0.15, 0.2) is 12.6 Å². The zero-order valence-electron chi connectivity index (χ0n) is 16.6. The highest BCUT2D eigenvalue weighted by Crippen LogP contribution is 2.19. The molecule has 6 nitrogen and oxygen atoms in total. The summed E-state index contributed by atoms with van der Waals surface area (Å²) in [6.45, 7) is 0.262. The molecule has 1 aromatic heterocycles. The molecule has 0 unspecified atom stereocenters. The van der Waals surface area contributed by atoms with Gasteiger partial charge in [-0.3, -0.25) is 4.99 Å². The lowest BCUT2D eigenvalue weighted by molar-refractivity contribution is -0.154. The number of nitrogens with one attached hydrogen (secondary N) is 2. The first-order valence-corrected chi connectivity index (χ1v) is 9.67. The summed E-state index contributed by atoms with van der Waals surface area (Å²) < 4.78 is 47.3. The smallest absolute Gasteiger partial charge is 0.422 e. The Morgan fingerprint density at radius 3 is 2.59 bits per heavy atom. The van der Waals surface area contributed by atoms with E-state index in [0.717, 1.165) is 18.4 Å². The Morgan fingerprint density at radius 2 is 1.93 bits per heavy atom. The van der Waals surface area contributed by atoms with Crippen LogP contribution < -0.4 is 15.4 Å². The van der Waals surface area contributed by atoms with Crippen LogP contribution in [-0.4, -0.2) is 50.0 Å². The topological polar surface area (TPSA) is 67.8 Å². The first kappa shape index (κ1) is 25.7. The molecule has 0 aromatic carbocycles. The predicted octanol–water partition coefficient (Wildman–Crippen LogP) is 4.05. The number of aliphatic imine (C=N–C) groups is 1. The first-order valence-electron chi connectivity index (χ1n) is 9.67. The van der Waals surface area contributed by atoms with Crippen molar-refractivity contribution in [2.75, 3.05) is 26.8 Å². The fourth-order valence-corrected chi connectivity index (χ4v) is 3.01. The molecule has 0 bridgehead atoms. The third-order valence-electron chi connectivity index (χ3n) is 4.42. The Labute approximate surface area is 187 Å². The molecule has 1 aliphatic carbocycles. The lowest BCUT2D eigenvalue weighted by Gasteiger charge is -2.17. The third kappa shape index (κ3) is 11.5. The van der Waals surface area contributed by atoms with Crippen LogP contribution in [0.1, 0.15) is 44.1 Å². The summed E-state index contributed by atoms with van der Waals surface area (Å²) in [5.74, 6) is 0.537. The van der Waals surface area contributed by atoms with Gasteiger partial charge in [0.2, 0.25) is 5.88 Å². The molecule has 0 atom stereocenters. The van der Waals surface area contributed by atoms with Crippen molar-refractivity contribution in [2.24, 2.45) is 4.99 Å². The van der Waals surface area contributed by atoms with Crippen LogP contribution in [0.15, 0.2) is 23.3 Å². The van der Waals surface area contributed by atoms with Gasteiger partial charge in [-0.05, 0) is 24.5 Å². The Morgan fingerprint density at radius 1 is 1.21 bits per heavy atom. The molecule has 0 amide bonds. The summed E-state index contributed by atoms with van der Waals surface area (Å²) in [4.78, 5) is 7.93. The zero-order chi connectivity index (χ0) is 20.2. The summed E-state index contributed by atoms with van der Waals surface area (Å²) in [6.07, 6.45) is 4.72. The average molecular weight is 530 g/mol. The summed E-state index contributed by atoms with van der Waals surface area (Å²) in [7, 11) is 1.66. The Hall–Kier alpha value is -1.30. The normalized spacial score (nSPS) is 15.9. The van der Waals surface area contributed by atoms with Crippen molar-refractivity contribution in [2.45, 2.75) is 57.3 Å². The number of alkyl halides is 3. The minimum Gasteiger partial charge on any atom is -0.468 e. The van der Waals surface area contributed by atoms with Crippen LogP contribution in [0.3, 0.4) is 0 Å². The van der Waals surface area contributed by atoms with Gasteiger partial charge in [0, 0.05) is 32.4 Å². The largest absolute Gasteiger partial charge is 0.468 e. The van der Waals surface area contributed by atoms with E-state index in [1.807, 2.05) is 0 Å². The molecule has 1 heterocycles. The maximum Gasteiger partial charge on any atom is 0.422 e. The minimum atomic E-state index is -4.39. The van der Waals surface area contributed by atoms with Crippen molar-refractivity contribution >= 4 is 29.9 Å². The molecule has 0 saturated heterocycles. The molecule has 1 fully saturated rings. The van der Waals surface area contributed by atoms with Crippen molar-refractivity contribution in [1.29, 1.82) is 0 Å². The molecule has 1 saturated carbocycles. The van der Waals surface area contributed by atoms with Gasteiger partial charge < -0.3 is 20.1 Å². The van der Waals surface area contributed by atoms with Crippen molar-refractivity contribution in [1.82, 2.24) is 15.6 Å². The van der Waals surface area contributed by atoms with Crippen LogP contribution in [0.4, 0.5) is 13.2 Å². The van der Waals surface area contributed by atoms with Crippen molar-refractivity contribution in [3.8, 4) is 5.88 Å². The second-order valence-corrected chi connectivity index (χ2v) is 6.74. The highest BCUT2D eigenvalue weighted by atomic mass is 127. The number of aromatic nitrogens is 1. The van der Waals surface area contributed by atoms with E-state index < -0.39 is 12.8 Å². The molecule has 29 heavy (non-hydrogen) atoms. The summed E-state index contributed by atoms with van der Waals surface area (Å²) in [5, 5.41) is 6.28. The SMILES string of the molecule is CN=C(NCCOC1CCCCCC1)NCc1ccnc(OCC(F)(F)F)c1.I. The summed E-state index contributed by atoms with van der Waals surface area (Å²) in [5.41, 5.74) is 0.741. The molecule has 1 aromatic rings. The van der Waals surface area contributed by atoms with Crippen LogP contribution in [0.2, 0.25) is 0 Å². The maximum atomic E-state index is 12.2. The number of ether oxygens (including phenoxy) is 2. The molecule has 166 valence electrons. The predicted molar refractivity (Wildman–Crippen MR) is 117 cm³/mol. The highest BCUT2D eigenvalue weighted by molar-refractivity contribution is 14.0. The van der Waals surface area contributed by atoms with Gasteiger partial charge in [0.05, 0.1) is 12.7 Å². The van der Waals surface area contributed by atoms with Crippen LogP contribution in [0.5, 0.6) is 5.88 Å². The summed E-state index contributed by atoms with van der Waals surface area (Å²) in [6, 6.07) is 3.18. The fraction of sp³-hybridized carbons (Fsp3) is 0.684. The van der Waals surface area contributed by atoms with E-state index in [4.69, 9.17) is 4.74 Å². The van der Waals surface area contributed by atoms with Gasteiger partial charge >= 0.3 is 6.18 Å². The van der Waals surface area contributed by atoms with E-state index in [1.54, 1.807) is 13.1 Å². The maximum absolute atomic E-state index is 12.2. The van der Waals surface area contributed by atoms with Crippen LogP contribution >= 0.6 is 24.0 Å². The molecule has 2 N–H and O–H groups in total. The lowest BCUT2D eigenvalue weighted by Crippen LogP contribution is -2.38. The van der Waals surface area contributed by atoms with E-state index in [1.165, 1.54) is 37.9 Å². The molecule has 0 spiro atoms. The van der Waals surface area contributed by atoms with E-state index in [2.05, 4.69) is 25.3 Å². The monoisotopic (exact) mass is 530 g/mol. The number of hydrogen-bond donors (Lipinski definition) is 2. The van der Waals surface area contributed by atoms with Crippen molar-refractivity contribution < 1.29 is 22.6 Å². The number of hydrogen-bond acceptors (Lipinski definition) is 4. The molecular weight excluding hydrogens is 500 g/mol. The zero-order valence-corrected chi connectivity index (χ0v) is 19.0. The third-order valence-corrected chi connectivity index (χ3v) is 4.42. The van der Waals surface area contributed by atoms with E-state index >= 15 is 0 Å². The van der Waals surface area contributed by atoms with E-state index in [-0.39, 0.29) is 29.9 Å². The highest BCUT2D eigenvalue weighted by Gasteiger charge is 2.28. The number of pyridine rings is 1. The number of halogens is 4. The number of rotatable bonds is 8. The average Bonchev–Trinajstić information content (AvgIpc) is 2.94. The van der Waals surface area contributed by atoms with Gasteiger partial charge in [0.1, 0.15) is 0 Å². The Balaban J connectivity index is 0.00000420. The number of guanidine groups is 1. The van der Waals surface area contributed by atoms with Gasteiger partial charge in [-0.15, -0.1) is 24.0 Å². The van der Waals surface area contributed by atoms with Crippen LogP contribution in [0, 0.1) is 0 Å². The number of nitrogens with zero attached hydrogens (tertiary/aromatic N) is 2. The van der Waals surface area contributed by atoms with Gasteiger partial charge in [-0.1, -0.05) is 25.7 Å². The Bertz CT molecular complexity index is 609. The molecule has 0 aliphatic heterocycles. The quantitative estimate of drug-likeness (QED) is 0.175. The molecule has 0 radical (unpaired) electrons. The molecule has 10 heteroatoms. The van der Waals surface area contributed by atoms with Crippen molar-refractivity contribution in [3.05, 3.63) is 23.9 Å². The Kier molecular flexibility index (Phi) is 12.3. The van der Waals surface area contributed by atoms with Gasteiger partial charge in [0.25, 0.3) is 0 Å². The fourth-order valence-electron chi connectivity index (χ4n) is 3.01. The van der Waals surface area contributed by atoms with E-state index in [0.29, 0.717) is 31.8 Å². The van der Waals surface area contributed by atoms with Gasteiger partial charge in [-0.2, -0.15) is 13.2 Å². The van der Waals surface area contributed by atoms with E-state index in [9.17, 15) is 13.2 Å². The van der Waals surface area contributed by atoms with Gasteiger partial charge in [-0.25, -0.2) is 4.98 Å². The second-order valence-electron chi connectivity index (χ2n) is 6.74. The lowest BCUT2D eigenvalue weighted by atomic mass is 10.1. The minimum absolute atomic E-state index is 0. The molecular formula is C19H30F3IN4O2. The summed E-state index contributed by atoms with van der Waals surface area (Å²) >= 11 is 0. The first-order chi connectivity index (χ1) is 13.5. The van der Waals surface area contributed by atoms with Crippen molar-refractivity contribution in [3.63, 3.8) is 0 Å². The molecule has 2 rings (SSSR count). The van der Waals surface area contributed by atoms with Crippen LogP contribution in [-0.2, 0) is 11.3 Å². The molecule has 1 aliphatic rings. The van der Waals surface area contributed by atoms with Crippen LogP contribution in [0.25, 0.3) is 0 Å².